The highest BCUT2D eigenvalue weighted by molar-refractivity contribution is 5.89. The van der Waals surface area contributed by atoms with Crippen LogP contribution in [-0.2, 0) is 11.3 Å². The van der Waals surface area contributed by atoms with E-state index >= 15 is 0 Å². The molecule has 0 N–H and O–H groups in total. The van der Waals surface area contributed by atoms with Crippen molar-refractivity contribution in [1.29, 1.82) is 0 Å². The standard InChI is InChI=1S/C26H22O7/c1-16-25(33-19-10-8-17(9-11-19)26(28)30-3)24(27)21-13-12-20(14-23(21)32-16)31-15-18-6-4-5-7-22(18)29-2/h4-14H,15H2,1-3H3. The van der Waals surface area contributed by atoms with Gasteiger partial charge < -0.3 is 23.4 Å². The number of benzene rings is 3. The summed E-state index contributed by atoms with van der Waals surface area (Å²) in [6, 6.07) is 18.9. The highest BCUT2D eigenvalue weighted by Crippen LogP contribution is 2.28. The normalized spacial score (nSPS) is 10.6. The maximum atomic E-state index is 13.0. The van der Waals surface area contributed by atoms with Crippen LogP contribution < -0.4 is 19.6 Å². The van der Waals surface area contributed by atoms with E-state index in [4.69, 9.17) is 18.6 Å². The van der Waals surface area contributed by atoms with Crippen molar-refractivity contribution in [2.24, 2.45) is 0 Å². The molecule has 0 saturated carbocycles. The van der Waals surface area contributed by atoms with Crippen LogP contribution in [0.15, 0.2) is 75.9 Å². The fraction of sp³-hybridized carbons (Fsp3) is 0.154. The van der Waals surface area contributed by atoms with Crippen molar-refractivity contribution in [2.45, 2.75) is 13.5 Å². The van der Waals surface area contributed by atoms with Gasteiger partial charge in [-0.1, -0.05) is 18.2 Å². The van der Waals surface area contributed by atoms with Gasteiger partial charge in [-0.05, 0) is 49.4 Å². The number of aryl methyl sites for hydroxylation is 1. The Morgan fingerprint density at radius 3 is 2.39 bits per heavy atom. The number of hydrogen-bond donors (Lipinski definition) is 0. The Kier molecular flexibility index (Phi) is 6.31. The van der Waals surface area contributed by atoms with Gasteiger partial charge in [-0.3, -0.25) is 4.79 Å². The molecule has 0 unspecified atom stereocenters. The van der Waals surface area contributed by atoms with Crippen molar-refractivity contribution in [3.63, 3.8) is 0 Å². The first kappa shape index (κ1) is 22.0. The van der Waals surface area contributed by atoms with Gasteiger partial charge in [0.15, 0.2) is 0 Å². The van der Waals surface area contributed by atoms with Crippen molar-refractivity contribution in [2.75, 3.05) is 14.2 Å². The van der Waals surface area contributed by atoms with Crippen molar-refractivity contribution < 1.29 is 28.2 Å². The zero-order valence-corrected chi connectivity index (χ0v) is 18.4. The third-order valence-electron chi connectivity index (χ3n) is 5.07. The Labute approximate surface area is 190 Å². The third-order valence-corrected chi connectivity index (χ3v) is 5.07. The molecule has 0 spiro atoms. The monoisotopic (exact) mass is 446 g/mol. The molecule has 0 fully saturated rings. The zero-order valence-electron chi connectivity index (χ0n) is 18.4. The number of fused-ring (bicyclic) bond motifs is 1. The summed E-state index contributed by atoms with van der Waals surface area (Å²) >= 11 is 0. The number of rotatable bonds is 7. The van der Waals surface area contributed by atoms with Gasteiger partial charge in [0.25, 0.3) is 0 Å². The van der Waals surface area contributed by atoms with Crippen LogP contribution in [0.1, 0.15) is 21.7 Å². The van der Waals surface area contributed by atoms with E-state index in [9.17, 15) is 9.59 Å². The van der Waals surface area contributed by atoms with Crippen LogP contribution in [0.25, 0.3) is 11.0 Å². The SMILES string of the molecule is COC(=O)c1ccc(Oc2c(C)oc3cc(OCc4ccccc4OC)ccc3c2=O)cc1. The summed E-state index contributed by atoms with van der Waals surface area (Å²) in [6.45, 7) is 1.96. The molecule has 0 atom stereocenters. The third kappa shape index (κ3) is 4.67. The minimum Gasteiger partial charge on any atom is -0.496 e. The van der Waals surface area contributed by atoms with Crippen LogP contribution in [0.5, 0.6) is 23.0 Å². The fourth-order valence-electron chi connectivity index (χ4n) is 3.35. The number of ether oxygens (including phenoxy) is 4. The van der Waals surface area contributed by atoms with Gasteiger partial charge in [-0.2, -0.15) is 0 Å². The van der Waals surface area contributed by atoms with E-state index in [1.807, 2.05) is 24.3 Å². The second-order valence-corrected chi connectivity index (χ2v) is 7.19. The van der Waals surface area contributed by atoms with E-state index in [1.165, 1.54) is 7.11 Å². The lowest BCUT2D eigenvalue weighted by Crippen LogP contribution is -2.08. The first-order valence-corrected chi connectivity index (χ1v) is 10.2. The summed E-state index contributed by atoms with van der Waals surface area (Å²) in [7, 11) is 2.92. The highest BCUT2D eigenvalue weighted by Gasteiger charge is 2.15. The van der Waals surface area contributed by atoms with Crippen LogP contribution in [-0.4, -0.2) is 20.2 Å². The molecule has 1 heterocycles. The molecule has 1 aromatic heterocycles. The summed E-state index contributed by atoms with van der Waals surface area (Å²) in [5, 5.41) is 0.367. The van der Waals surface area contributed by atoms with Crippen molar-refractivity contribution in [3.05, 3.63) is 93.8 Å². The summed E-state index contributed by atoms with van der Waals surface area (Å²) in [5.74, 6) is 1.65. The molecule has 0 amide bonds. The second kappa shape index (κ2) is 9.48. The first-order valence-electron chi connectivity index (χ1n) is 10.2. The molecule has 3 aromatic carbocycles. The summed E-state index contributed by atoms with van der Waals surface area (Å²) in [6.07, 6.45) is 0. The fourth-order valence-corrected chi connectivity index (χ4v) is 3.35. The van der Waals surface area contributed by atoms with Gasteiger partial charge >= 0.3 is 5.97 Å². The van der Waals surface area contributed by atoms with Gasteiger partial charge in [0.05, 0.1) is 25.2 Å². The molecule has 0 aliphatic heterocycles. The smallest absolute Gasteiger partial charge is 0.337 e. The number of hydrogen-bond acceptors (Lipinski definition) is 7. The Hall–Kier alpha value is -4.26. The molecule has 4 aromatic rings. The van der Waals surface area contributed by atoms with Gasteiger partial charge in [-0.15, -0.1) is 0 Å². The molecule has 4 rings (SSSR count). The van der Waals surface area contributed by atoms with E-state index in [0.29, 0.717) is 40.4 Å². The minimum atomic E-state index is -0.452. The van der Waals surface area contributed by atoms with Gasteiger partial charge in [-0.25, -0.2) is 4.79 Å². The molecule has 0 radical (unpaired) electrons. The lowest BCUT2D eigenvalue weighted by molar-refractivity contribution is 0.0600. The molecule has 7 nitrogen and oxygen atoms in total. The molecule has 0 bridgehead atoms. The summed E-state index contributed by atoms with van der Waals surface area (Å²) in [4.78, 5) is 24.6. The molecular formula is C26H22O7. The van der Waals surface area contributed by atoms with Crippen LogP contribution in [0.4, 0.5) is 0 Å². The number of carbonyl (C=O) groups excluding carboxylic acids is 1. The number of methoxy groups -OCH3 is 2. The maximum absolute atomic E-state index is 13.0. The van der Waals surface area contributed by atoms with E-state index in [1.54, 1.807) is 56.5 Å². The second-order valence-electron chi connectivity index (χ2n) is 7.19. The Balaban J connectivity index is 1.57. The number of para-hydroxylation sites is 1. The average Bonchev–Trinajstić information content (AvgIpc) is 2.85. The Morgan fingerprint density at radius 2 is 1.67 bits per heavy atom. The van der Waals surface area contributed by atoms with Crippen molar-refractivity contribution in [3.8, 4) is 23.0 Å². The molecule has 33 heavy (non-hydrogen) atoms. The number of esters is 1. The summed E-state index contributed by atoms with van der Waals surface area (Å²) < 4.78 is 27.5. The van der Waals surface area contributed by atoms with Gasteiger partial charge in [0.2, 0.25) is 11.2 Å². The lowest BCUT2D eigenvalue weighted by atomic mass is 10.2. The molecule has 0 aliphatic rings. The van der Waals surface area contributed by atoms with Crippen molar-refractivity contribution in [1.82, 2.24) is 0 Å². The van der Waals surface area contributed by atoms with Gasteiger partial charge in [0.1, 0.15) is 35.2 Å². The highest BCUT2D eigenvalue weighted by atomic mass is 16.5. The Morgan fingerprint density at radius 1 is 0.939 bits per heavy atom. The van der Waals surface area contributed by atoms with E-state index in [-0.39, 0.29) is 11.2 Å². The Bertz CT molecular complexity index is 1350. The number of carbonyl (C=O) groups is 1. The summed E-state index contributed by atoms with van der Waals surface area (Å²) in [5.41, 5.74) is 1.37. The molecular weight excluding hydrogens is 424 g/mol. The molecule has 0 aliphatic carbocycles. The largest absolute Gasteiger partial charge is 0.496 e. The molecule has 7 heteroatoms. The minimum absolute atomic E-state index is 0.0796. The van der Waals surface area contributed by atoms with Crippen molar-refractivity contribution >= 4 is 16.9 Å². The van der Waals surface area contributed by atoms with Crippen LogP contribution in [0, 0.1) is 6.92 Å². The first-order chi connectivity index (χ1) is 16.0. The maximum Gasteiger partial charge on any atom is 0.337 e. The van der Waals surface area contributed by atoms with E-state index in [0.717, 1.165) is 11.3 Å². The van der Waals surface area contributed by atoms with Gasteiger partial charge in [0, 0.05) is 11.6 Å². The van der Waals surface area contributed by atoms with E-state index in [2.05, 4.69) is 4.74 Å². The van der Waals surface area contributed by atoms with Crippen LogP contribution >= 0.6 is 0 Å². The van der Waals surface area contributed by atoms with Crippen LogP contribution in [0.2, 0.25) is 0 Å². The average molecular weight is 446 g/mol. The topological polar surface area (TPSA) is 84.2 Å². The quantitative estimate of drug-likeness (QED) is 0.358. The molecule has 168 valence electrons. The molecule has 0 saturated heterocycles. The predicted molar refractivity (Wildman–Crippen MR) is 122 cm³/mol. The van der Waals surface area contributed by atoms with Crippen LogP contribution in [0.3, 0.4) is 0 Å². The predicted octanol–water partition coefficient (Wildman–Crippen LogP) is 5.27. The lowest BCUT2D eigenvalue weighted by Gasteiger charge is -2.12. The van der Waals surface area contributed by atoms with E-state index < -0.39 is 5.97 Å². The zero-order chi connectivity index (χ0) is 23.4.